The van der Waals surface area contributed by atoms with Crippen molar-refractivity contribution in [3.8, 4) is 0 Å². The summed E-state index contributed by atoms with van der Waals surface area (Å²) in [5.74, 6) is 0. The van der Waals surface area contributed by atoms with E-state index in [0.29, 0.717) is 6.10 Å². The lowest BCUT2D eigenvalue weighted by Gasteiger charge is -2.14. The summed E-state index contributed by atoms with van der Waals surface area (Å²) in [6, 6.07) is 1.14. The van der Waals surface area contributed by atoms with Crippen molar-refractivity contribution < 1.29 is 18.3 Å². The molecule has 0 N–H and O–H groups in total. The Balaban J connectivity index is 1.80. The number of epoxide rings is 1. The van der Waals surface area contributed by atoms with Crippen LogP contribution in [0.3, 0.4) is 0 Å². The van der Waals surface area contributed by atoms with Crippen LogP contribution in [0.1, 0.15) is 39.5 Å². The van der Waals surface area contributed by atoms with Gasteiger partial charge in [-0.3, -0.25) is 0 Å². The molecule has 0 bridgehead atoms. The van der Waals surface area contributed by atoms with E-state index in [0.717, 1.165) is 45.5 Å². The largest absolute Gasteiger partial charge is 0.397 e. The van der Waals surface area contributed by atoms with E-state index in [1.165, 1.54) is 19.3 Å². The summed E-state index contributed by atoms with van der Waals surface area (Å²) in [4.78, 5) is 0. The molecule has 0 aliphatic carbocycles. The minimum Gasteiger partial charge on any atom is -0.397 e. The summed E-state index contributed by atoms with van der Waals surface area (Å²) in [6.07, 6.45) is 5.28. The van der Waals surface area contributed by atoms with E-state index >= 15 is 0 Å². The Bertz CT molecular complexity index is 182. The minimum absolute atomic E-state index is 0.397. The van der Waals surface area contributed by atoms with Gasteiger partial charge in [0.05, 0.1) is 13.2 Å². The predicted octanol–water partition coefficient (Wildman–Crippen LogP) is 2.26. The van der Waals surface area contributed by atoms with Gasteiger partial charge in [-0.25, -0.2) is 0 Å². The van der Waals surface area contributed by atoms with Crippen LogP contribution in [0.15, 0.2) is 0 Å². The van der Waals surface area contributed by atoms with Crippen LogP contribution >= 0.6 is 0 Å². The Morgan fingerprint density at radius 3 is 2.33 bits per heavy atom. The second-order valence-electron chi connectivity index (χ2n) is 4.57. The Morgan fingerprint density at radius 1 is 1.06 bits per heavy atom. The molecule has 0 saturated carbocycles. The third-order valence-corrected chi connectivity index (χ3v) is 5.18. The number of hydrogen-bond donors (Lipinski definition) is 0. The molecule has 108 valence electrons. The molecular weight excluding hydrogens is 248 g/mol. The van der Waals surface area contributed by atoms with Crippen molar-refractivity contribution in [2.45, 2.75) is 51.7 Å². The lowest BCUT2D eigenvalue weighted by Crippen LogP contribution is -2.22. The molecule has 0 spiro atoms. The molecule has 0 amide bonds. The standard InChI is InChI=1S/C13H28O4Si/c1-3-16-18(17-4-2)10-8-6-5-7-9-14-11-13-12-15-13/h13,18H,3-12H2,1-2H3. The molecule has 1 aliphatic heterocycles. The van der Waals surface area contributed by atoms with Gasteiger partial charge in [0.25, 0.3) is 0 Å². The van der Waals surface area contributed by atoms with E-state index in [-0.39, 0.29) is 0 Å². The van der Waals surface area contributed by atoms with Crippen LogP contribution in [0, 0.1) is 0 Å². The van der Waals surface area contributed by atoms with Gasteiger partial charge in [0.2, 0.25) is 0 Å². The molecule has 1 unspecified atom stereocenters. The highest BCUT2D eigenvalue weighted by Gasteiger charge is 2.21. The highest BCUT2D eigenvalue weighted by Crippen LogP contribution is 2.10. The quantitative estimate of drug-likeness (QED) is 0.294. The Labute approximate surface area is 113 Å². The molecule has 1 atom stereocenters. The van der Waals surface area contributed by atoms with Gasteiger partial charge in [0.1, 0.15) is 6.10 Å². The second-order valence-corrected chi connectivity index (χ2v) is 6.68. The van der Waals surface area contributed by atoms with Crippen molar-refractivity contribution >= 4 is 9.28 Å². The zero-order valence-electron chi connectivity index (χ0n) is 11.9. The molecule has 0 radical (unpaired) electrons. The van der Waals surface area contributed by atoms with E-state index in [2.05, 4.69) is 0 Å². The van der Waals surface area contributed by atoms with Crippen LogP contribution in [0.4, 0.5) is 0 Å². The Morgan fingerprint density at radius 2 is 1.72 bits per heavy atom. The van der Waals surface area contributed by atoms with Crippen molar-refractivity contribution in [1.82, 2.24) is 0 Å². The van der Waals surface area contributed by atoms with Crippen LogP contribution in [-0.2, 0) is 18.3 Å². The topological polar surface area (TPSA) is 40.2 Å². The number of rotatable bonds is 13. The van der Waals surface area contributed by atoms with Crippen molar-refractivity contribution in [2.24, 2.45) is 0 Å². The van der Waals surface area contributed by atoms with E-state index < -0.39 is 9.28 Å². The van der Waals surface area contributed by atoms with E-state index in [4.69, 9.17) is 18.3 Å². The summed E-state index contributed by atoms with van der Waals surface area (Å²) < 4.78 is 21.9. The maximum Gasteiger partial charge on any atom is 0.321 e. The van der Waals surface area contributed by atoms with Gasteiger partial charge < -0.3 is 18.3 Å². The Hall–Kier alpha value is 0.0569. The maximum atomic E-state index is 5.64. The van der Waals surface area contributed by atoms with Crippen LogP contribution < -0.4 is 0 Å². The monoisotopic (exact) mass is 276 g/mol. The average molecular weight is 276 g/mol. The highest BCUT2D eigenvalue weighted by atomic mass is 28.3. The lowest BCUT2D eigenvalue weighted by molar-refractivity contribution is 0.113. The molecule has 1 aliphatic rings. The molecule has 1 saturated heterocycles. The fourth-order valence-corrected chi connectivity index (χ4v) is 3.63. The summed E-state index contributed by atoms with van der Waals surface area (Å²) in [6.45, 7) is 8.20. The van der Waals surface area contributed by atoms with Crippen molar-refractivity contribution in [3.63, 3.8) is 0 Å². The molecule has 0 aromatic rings. The minimum atomic E-state index is -1.35. The number of hydrogen-bond acceptors (Lipinski definition) is 4. The SMILES string of the molecule is CCO[SiH](CCCCCCOCC1CO1)OCC. The first kappa shape index (κ1) is 16.1. The summed E-state index contributed by atoms with van der Waals surface area (Å²) >= 11 is 0. The number of ether oxygens (including phenoxy) is 2. The highest BCUT2D eigenvalue weighted by molar-refractivity contribution is 6.44. The molecule has 0 aromatic carbocycles. The van der Waals surface area contributed by atoms with Crippen molar-refractivity contribution in [2.75, 3.05) is 33.0 Å². The molecular formula is C13H28O4Si. The molecule has 1 heterocycles. The van der Waals surface area contributed by atoms with E-state index in [9.17, 15) is 0 Å². The van der Waals surface area contributed by atoms with Gasteiger partial charge in [-0.2, -0.15) is 0 Å². The maximum absolute atomic E-state index is 5.64. The van der Waals surface area contributed by atoms with Gasteiger partial charge in [0, 0.05) is 19.8 Å². The smallest absolute Gasteiger partial charge is 0.321 e. The van der Waals surface area contributed by atoms with Crippen LogP contribution in [0.5, 0.6) is 0 Å². The fourth-order valence-electron chi connectivity index (χ4n) is 1.83. The number of unbranched alkanes of at least 4 members (excludes halogenated alkanes) is 3. The second kappa shape index (κ2) is 10.9. The molecule has 18 heavy (non-hydrogen) atoms. The third kappa shape index (κ3) is 9.05. The molecule has 0 aromatic heterocycles. The normalized spacial score (nSPS) is 18.5. The Kier molecular flexibility index (Phi) is 9.79. The molecule has 5 heteroatoms. The van der Waals surface area contributed by atoms with Gasteiger partial charge in [0.15, 0.2) is 0 Å². The van der Waals surface area contributed by atoms with Gasteiger partial charge in [-0.1, -0.05) is 19.3 Å². The van der Waals surface area contributed by atoms with Crippen LogP contribution in [0.25, 0.3) is 0 Å². The van der Waals surface area contributed by atoms with Crippen molar-refractivity contribution in [1.29, 1.82) is 0 Å². The molecule has 1 rings (SSSR count). The van der Waals surface area contributed by atoms with Crippen LogP contribution in [0.2, 0.25) is 6.04 Å². The summed E-state index contributed by atoms with van der Waals surface area (Å²) in [5, 5.41) is 0. The van der Waals surface area contributed by atoms with Crippen molar-refractivity contribution in [3.05, 3.63) is 0 Å². The fraction of sp³-hybridized carbons (Fsp3) is 1.00. The van der Waals surface area contributed by atoms with E-state index in [1.807, 2.05) is 13.8 Å². The predicted molar refractivity (Wildman–Crippen MR) is 74.2 cm³/mol. The average Bonchev–Trinajstić information content (AvgIpc) is 3.17. The molecule has 1 fully saturated rings. The summed E-state index contributed by atoms with van der Waals surface area (Å²) in [5.41, 5.74) is 0. The summed E-state index contributed by atoms with van der Waals surface area (Å²) in [7, 11) is -1.35. The first-order chi connectivity index (χ1) is 8.86. The first-order valence-electron chi connectivity index (χ1n) is 7.29. The zero-order valence-corrected chi connectivity index (χ0v) is 13.0. The molecule has 4 nitrogen and oxygen atoms in total. The van der Waals surface area contributed by atoms with Gasteiger partial charge >= 0.3 is 9.28 Å². The van der Waals surface area contributed by atoms with Crippen LogP contribution in [-0.4, -0.2) is 48.4 Å². The first-order valence-corrected chi connectivity index (χ1v) is 9.05. The van der Waals surface area contributed by atoms with Gasteiger partial charge in [-0.05, 0) is 26.3 Å². The zero-order chi connectivity index (χ0) is 13.1. The van der Waals surface area contributed by atoms with E-state index in [1.54, 1.807) is 0 Å². The lowest BCUT2D eigenvalue weighted by atomic mass is 10.2. The third-order valence-electron chi connectivity index (χ3n) is 2.89. The van der Waals surface area contributed by atoms with Gasteiger partial charge in [-0.15, -0.1) is 0 Å².